The number of carbonyl (C=O) groups excluding carboxylic acids is 1. The summed E-state index contributed by atoms with van der Waals surface area (Å²) in [6, 6.07) is 15.5. The largest absolute Gasteiger partial charge is 0.340 e. The lowest BCUT2D eigenvalue weighted by molar-refractivity contribution is 0.102. The van der Waals surface area contributed by atoms with Crippen LogP contribution in [-0.4, -0.2) is 35.4 Å². The van der Waals surface area contributed by atoms with E-state index in [0.29, 0.717) is 22.5 Å². The van der Waals surface area contributed by atoms with Gasteiger partial charge in [0, 0.05) is 23.6 Å². The number of aromatic nitrogens is 6. The number of nitrogens with zero attached hydrogens (tertiary/aromatic N) is 5. The van der Waals surface area contributed by atoms with Gasteiger partial charge in [0.1, 0.15) is 11.8 Å². The second kappa shape index (κ2) is 7.01. The number of amides is 1. The molecule has 2 aromatic carbocycles. The van der Waals surface area contributed by atoms with Gasteiger partial charge < -0.3 is 14.9 Å². The second-order valence-electron chi connectivity index (χ2n) is 6.38. The summed E-state index contributed by atoms with van der Waals surface area (Å²) in [5.41, 5.74) is 4.56. The van der Waals surface area contributed by atoms with Gasteiger partial charge in [0.15, 0.2) is 11.5 Å². The molecule has 3 aromatic heterocycles. The normalized spacial score (nSPS) is 10.9. The van der Waals surface area contributed by atoms with E-state index in [4.69, 9.17) is 0 Å². The summed E-state index contributed by atoms with van der Waals surface area (Å²) in [7, 11) is 0. The first-order valence-electron chi connectivity index (χ1n) is 8.92. The van der Waals surface area contributed by atoms with E-state index in [2.05, 4.69) is 36.3 Å². The molecule has 3 heterocycles. The molecule has 5 rings (SSSR count). The Hall–Kier alpha value is -4.33. The first-order chi connectivity index (χ1) is 14.3. The molecule has 0 atom stereocenters. The molecule has 0 aliphatic carbocycles. The lowest BCUT2D eigenvalue weighted by atomic mass is 10.0. The third-order valence-electron chi connectivity index (χ3n) is 4.56. The lowest BCUT2D eigenvalue weighted by Gasteiger charge is -2.09. The lowest BCUT2D eigenvalue weighted by Crippen LogP contribution is -2.13. The van der Waals surface area contributed by atoms with Crippen molar-refractivity contribution >= 4 is 22.9 Å². The van der Waals surface area contributed by atoms with Gasteiger partial charge >= 0.3 is 0 Å². The summed E-state index contributed by atoms with van der Waals surface area (Å²) in [5, 5.41) is 2.83. The number of hydrogen-bond acceptors (Lipinski definition) is 5. The van der Waals surface area contributed by atoms with E-state index in [9.17, 15) is 4.79 Å². The maximum atomic E-state index is 12.8. The monoisotopic (exact) mass is 381 g/mol. The molecule has 8 nitrogen and oxygen atoms in total. The molecule has 140 valence electrons. The van der Waals surface area contributed by atoms with Crippen molar-refractivity contribution in [3.05, 3.63) is 85.5 Å². The Balaban J connectivity index is 1.45. The third kappa shape index (κ3) is 3.23. The minimum atomic E-state index is -0.257. The minimum absolute atomic E-state index is 0.257. The van der Waals surface area contributed by atoms with E-state index < -0.39 is 0 Å². The van der Waals surface area contributed by atoms with Gasteiger partial charge in [-0.2, -0.15) is 0 Å². The topological polar surface area (TPSA) is 101 Å². The van der Waals surface area contributed by atoms with Crippen LogP contribution in [0.5, 0.6) is 0 Å². The Morgan fingerprint density at radius 3 is 2.72 bits per heavy atom. The van der Waals surface area contributed by atoms with Gasteiger partial charge in [-0.3, -0.25) is 4.79 Å². The molecule has 0 radical (unpaired) electrons. The minimum Gasteiger partial charge on any atom is -0.340 e. The first-order valence-corrected chi connectivity index (χ1v) is 8.92. The molecule has 29 heavy (non-hydrogen) atoms. The van der Waals surface area contributed by atoms with Crippen LogP contribution in [0.25, 0.3) is 28.0 Å². The number of fused-ring (bicyclic) bond motifs is 1. The number of rotatable bonds is 4. The summed E-state index contributed by atoms with van der Waals surface area (Å²) < 4.78 is 1.94. The van der Waals surface area contributed by atoms with Crippen LogP contribution in [0.3, 0.4) is 0 Å². The second-order valence-corrected chi connectivity index (χ2v) is 6.38. The summed E-state index contributed by atoms with van der Waals surface area (Å²) in [4.78, 5) is 32.1. The summed E-state index contributed by atoms with van der Waals surface area (Å²) in [6.45, 7) is 0. The number of aromatic amines is 1. The van der Waals surface area contributed by atoms with E-state index in [1.807, 2.05) is 47.2 Å². The Bertz CT molecular complexity index is 1310. The van der Waals surface area contributed by atoms with E-state index in [1.165, 1.54) is 12.7 Å². The van der Waals surface area contributed by atoms with Crippen molar-refractivity contribution in [1.82, 2.24) is 29.5 Å². The maximum Gasteiger partial charge on any atom is 0.256 e. The van der Waals surface area contributed by atoms with Gasteiger partial charge in [-0.1, -0.05) is 24.3 Å². The number of imidazole rings is 2. The number of hydrogen-bond donors (Lipinski definition) is 2. The van der Waals surface area contributed by atoms with Crippen LogP contribution in [0.1, 0.15) is 10.4 Å². The van der Waals surface area contributed by atoms with Crippen molar-refractivity contribution in [3.63, 3.8) is 0 Å². The van der Waals surface area contributed by atoms with Crippen LogP contribution >= 0.6 is 0 Å². The molecular weight excluding hydrogens is 366 g/mol. The zero-order valence-corrected chi connectivity index (χ0v) is 15.1. The maximum absolute atomic E-state index is 12.8. The van der Waals surface area contributed by atoms with Crippen LogP contribution in [0.4, 0.5) is 5.82 Å². The van der Waals surface area contributed by atoms with Gasteiger partial charge in [0.05, 0.1) is 12.7 Å². The van der Waals surface area contributed by atoms with Crippen LogP contribution in [0, 0.1) is 0 Å². The third-order valence-corrected chi connectivity index (χ3v) is 4.56. The highest BCUT2D eigenvalue weighted by Gasteiger charge is 2.12. The van der Waals surface area contributed by atoms with Crippen LogP contribution in [-0.2, 0) is 0 Å². The molecule has 0 saturated heterocycles. The zero-order chi connectivity index (χ0) is 19.6. The highest BCUT2D eigenvalue weighted by atomic mass is 16.1. The summed E-state index contributed by atoms with van der Waals surface area (Å²) >= 11 is 0. The number of carbonyl (C=O) groups is 1. The van der Waals surface area contributed by atoms with Crippen molar-refractivity contribution in [2.45, 2.75) is 0 Å². The molecule has 0 aliphatic rings. The van der Waals surface area contributed by atoms with Crippen LogP contribution in [0.2, 0.25) is 0 Å². The molecule has 0 bridgehead atoms. The number of anilines is 1. The number of benzene rings is 2. The standard InChI is InChI=1S/C21H15N7O/c29-21(27-20-18-19(24-11-23-18)25-12-26-20)16-5-1-3-14(9-16)15-4-2-6-17(10-15)28-8-7-22-13-28/h1-13H,(H2,23,24,25,26,27,29). The van der Waals surface area contributed by atoms with Crippen LogP contribution < -0.4 is 5.32 Å². The molecule has 8 heteroatoms. The first kappa shape index (κ1) is 16.8. The van der Waals surface area contributed by atoms with Gasteiger partial charge in [-0.25, -0.2) is 19.9 Å². The van der Waals surface area contributed by atoms with Crippen molar-refractivity contribution < 1.29 is 4.79 Å². The smallest absolute Gasteiger partial charge is 0.256 e. The van der Waals surface area contributed by atoms with Gasteiger partial charge in [-0.05, 0) is 35.4 Å². The molecule has 0 unspecified atom stereocenters. The fourth-order valence-electron chi connectivity index (χ4n) is 3.14. The molecule has 2 N–H and O–H groups in total. The average molecular weight is 381 g/mol. The summed E-state index contributed by atoms with van der Waals surface area (Å²) in [6.07, 6.45) is 8.27. The summed E-state index contributed by atoms with van der Waals surface area (Å²) in [5.74, 6) is 0.136. The molecule has 5 aromatic rings. The predicted octanol–water partition coefficient (Wildman–Crippen LogP) is 3.46. The quantitative estimate of drug-likeness (QED) is 0.496. The van der Waals surface area contributed by atoms with Crippen LogP contribution in [0.15, 0.2) is 79.9 Å². The Morgan fingerprint density at radius 1 is 1.00 bits per heavy atom. The molecule has 0 spiro atoms. The molecule has 0 saturated carbocycles. The van der Waals surface area contributed by atoms with Crippen molar-refractivity contribution in [2.24, 2.45) is 0 Å². The fraction of sp³-hybridized carbons (Fsp3) is 0. The number of nitrogens with one attached hydrogen (secondary N) is 2. The fourth-order valence-corrected chi connectivity index (χ4v) is 3.14. The van der Waals surface area contributed by atoms with E-state index in [-0.39, 0.29) is 5.91 Å². The average Bonchev–Trinajstić information content (AvgIpc) is 3.46. The van der Waals surface area contributed by atoms with E-state index in [0.717, 1.165) is 16.8 Å². The molecule has 0 aliphatic heterocycles. The van der Waals surface area contributed by atoms with Crippen molar-refractivity contribution in [2.75, 3.05) is 5.32 Å². The molecule has 0 fully saturated rings. The Labute approximate surface area is 165 Å². The molecular formula is C21H15N7O. The highest BCUT2D eigenvalue weighted by Crippen LogP contribution is 2.24. The van der Waals surface area contributed by atoms with Crippen molar-refractivity contribution in [1.29, 1.82) is 0 Å². The Kier molecular flexibility index (Phi) is 4.06. The SMILES string of the molecule is O=C(Nc1ncnc2nc[nH]c12)c1cccc(-c2cccc(-n3ccnc3)c2)c1. The van der Waals surface area contributed by atoms with Gasteiger partial charge in [-0.15, -0.1) is 0 Å². The highest BCUT2D eigenvalue weighted by molar-refractivity contribution is 6.07. The Morgan fingerprint density at radius 2 is 1.86 bits per heavy atom. The zero-order valence-electron chi connectivity index (χ0n) is 15.1. The number of H-pyrrole nitrogens is 1. The molecule has 1 amide bonds. The van der Waals surface area contributed by atoms with E-state index in [1.54, 1.807) is 18.6 Å². The van der Waals surface area contributed by atoms with E-state index >= 15 is 0 Å². The van der Waals surface area contributed by atoms with Crippen molar-refractivity contribution in [3.8, 4) is 16.8 Å². The van der Waals surface area contributed by atoms with Gasteiger partial charge in [0.25, 0.3) is 5.91 Å². The predicted molar refractivity (Wildman–Crippen MR) is 109 cm³/mol. The van der Waals surface area contributed by atoms with Gasteiger partial charge in [0.2, 0.25) is 0 Å².